The van der Waals surface area contributed by atoms with Crippen molar-refractivity contribution in [2.45, 2.75) is 33.2 Å². The van der Waals surface area contributed by atoms with Crippen molar-refractivity contribution in [1.82, 2.24) is 0 Å². The van der Waals surface area contributed by atoms with Crippen LogP contribution in [0.5, 0.6) is 11.5 Å². The Morgan fingerprint density at radius 1 is 1.18 bits per heavy atom. The highest BCUT2D eigenvalue weighted by Gasteiger charge is 2.20. The number of halogens is 1. The largest absolute Gasteiger partial charge is 0.490 e. The van der Waals surface area contributed by atoms with Crippen molar-refractivity contribution in [2.24, 2.45) is 5.73 Å². The summed E-state index contributed by atoms with van der Waals surface area (Å²) in [6.45, 7) is 8.12. The molecular weight excluding hydrogens is 221 g/mol. The lowest BCUT2D eigenvalue weighted by atomic mass is 9.95. The maximum Gasteiger partial charge on any atom is 0.197 e. The molecule has 0 aromatic heterocycles. The van der Waals surface area contributed by atoms with E-state index in [1.54, 1.807) is 13.0 Å². The van der Waals surface area contributed by atoms with E-state index < -0.39 is 11.4 Å². The maximum absolute atomic E-state index is 13.9. The van der Waals surface area contributed by atoms with Gasteiger partial charge in [-0.2, -0.15) is 0 Å². The summed E-state index contributed by atoms with van der Waals surface area (Å²) in [6.07, 6.45) is 0. The smallest absolute Gasteiger partial charge is 0.197 e. The van der Waals surface area contributed by atoms with E-state index in [1.807, 2.05) is 20.8 Å². The van der Waals surface area contributed by atoms with Crippen molar-refractivity contribution in [3.8, 4) is 11.5 Å². The molecule has 0 radical (unpaired) electrons. The molecule has 0 atom stereocenters. The van der Waals surface area contributed by atoms with E-state index in [0.717, 1.165) is 0 Å². The average Bonchev–Trinajstić information content (AvgIpc) is 2.21. The van der Waals surface area contributed by atoms with Crippen LogP contribution in [0.1, 0.15) is 33.3 Å². The fraction of sp³-hybridized carbons (Fsp3) is 0.538. The van der Waals surface area contributed by atoms with Crippen LogP contribution in [0.25, 0.3) is 0 Å². The molecule has 0 saturated heterocycles. The summed E-state index contributed by atoms with van der Waals surface area (Å²) in [5.41, 5.74) is 6.02. The van der Waals surface area contributed by atoms with E-state index in [4.69, 9.17) is 15.2 Å². The van der Waals surface area contributed by atoms with E-state index in [9.17, 15) is 4.39 Å². The van der Waals surface area contributed by atoms with Crippen molar-refractivity contribution in [3.05, 3.63) is 23.5 Å². The summed E-state index contributed by atoms with van der Waals surface area (Å²) < 4.78 is 24.5. The molecule has 0 saturated carbocycles. The number of hydrogen-bond acceptors (Lipinski definition) is 3. The first-order valence-corrected chi connectivity index (χ1v) is 5.78. The second-order valence-corrected chi connectivity index (χ2v) is 4.37. The van der Waals surface area contributed by atoms with Gasteiger partial charge >= 0.3 is 0 Å². The molecular formula is C13H20FNO2. The van der Waals surface area contributed by atoms with Crippen LogP contribution in [-0.2, 0) is 5.54 Å². The molecule has 1 rings (SSSR count). The minimum atomic E-state index is -0.614. The number of benzene rings is 1. The lowest BCUT2D eigenvalue weighted by Crippen LogP contribution is -2.28. The minimum absolute atomic E-state index is 0.155. The highest BCUT2D eigenvalue weighted by Crippen LogP contribution is 2.34. The lowest BCUT2D eigenvalue weighted by molar-refractivity contribution is 0.274. The van der Waals surface area contributed by atoms with Gasteiger partial charge in [-0.05, 0) is 45.4 Å². The average molecular weight is 241 g/mol. The number of ether oxygens (including phenoxy) is 2. The third-order valence-corrected chi connectivity index (χ3v) is 2.34. The molecule has 0 aliphatic rings. The Morgan fingerprint density at radius 2 is 1.76 bits per heavy atom. The Bertz CT molecular complexity index is 386. The zero-order valence-corrected chi connectivity index (χ0v) is 10.8. The predicted octanol–water partition coefficient (Wildman–Crippen LogP) is 2.82. The van der Waals surface area contributed by atoms with E-state index in [1.165, 1.54) is 6.07 Å². The van der Waals surface area contributed by atoms with Crippen LogP contribution in [-0.4, -0.2) is 13.2 Å². The predicted molar refractivity (Wildman–Crippen MR) is 66.0 cm³/mol. The first kappa shape index (κ1) is 13.8. The van der Waals surface area contributed by atoms with Crippen LogP contribution in [0.3, 0.4) is 0 Å². The summed E-state index contributed by atoms with van der Waals surface area (Å²) in [7, 11) is 0. The summed E-state index contributed by atoms with van der Waals surface area (Å²) >= 11 is 0. The van der Waals surface area contributed by atoms with Crippen LogP contribution < -0.4 is 15.2 Å². The topological polar surface area (TPSA) is 44.5 Å². The molecule has 96 valence electrons. The van der Waals surface area contributed by atoms with Crippen molar-refractivity contribution in [1.29, 1.82) is 0 Å². The molecule has 0 fully saturated rings. The van der Waals surface area contributed by atoms with E-state index in [2.05, 4.69) is 0 Å². The van der Waals surface area contributed by atoms with Gasteiger partial charge in [-0.25, -0.2) is 4.39 Å². The molecule has 0 unspecified atom stereocenters. The van der Waals surface area contributed by atoms with Crippen LogP contribution in [0.15, 0.2) is 12.1 Å². The number of hydrogen-bond donors (Lipinski definition) is 1. The summed E-state index contributed by atoms with van der Waals surface area (Å²) in [5.74, 6) is 0.122. The number of rotatable bonds is 5. The summed E-state index contributed by atoms with van der Waals surface area (Å²) in [4.78, 5) is 0. The number of nitrogens with two attached hydrogens (primary N) is 1. The first-order valence-electron chi connectivity index (χ1n) is 5.78. The van der Waals surface area contributed by atoms with Gasteiger partial charge in [0, 0.05) is 5.54 Å². The van der Waals surface area contributed by atoms with Gasteiger partial charge in [0.2, 0.25) is 0 Å². The first-order chi connectivity index (χ1) is 7.90. The zero-order valence-electron chi connectivity index (χ0n) is 10.8. The molecule has 0 heterocycles. The van der Waals surface area contributed by atoms with Gasteiger partial charge in [0.15, 0.2) is 17.3 Å². The van der Waals surface area contributed by atoms with E-state index in [0.29, 0.717) is 24.5 Å². The molecule has 1 aromatic carbocycles. The van der Waals surface area contributed by atoms with E-state index in [-0.39, 0.29) is 5.75 Å². The van der Waals surface area contributed by atoms with Gasteiger partial charge in [-0.1, -0.05) is 0 Å². The molecule has 2 N–H and O–H groups in total. The maximum atomic E-state index is 13.9. The minimum Gasteiger partial charge on any atom is -0.490 e. The molecule has 0 amide bonds. The van der Waals surface area contributed by atoms with Gasteiger partial charge < -0.3 is 15.2 Å². The molecule has 0 spiro atoms. The van der Waals surface area contributed by atoms with Crippen LogP contribution in [0.4, 0.5) is 4.39 Å². The summed E-state index contributed by atoms with van der Waals surface area (Å²) in [6, 6.07) is 3.13. The van der Waals surface area contributed by atoms with Gasteiger partial charge in [-0.3, -0.25) is 0 Å². The molecule has 0 aliphatic carbocycles. The Hall–Kier alpha value is -1.29. The lowest BCUT2D eigenvalue weighted by Gasteiger charge is -2.21. The monoisotopic (exact) mass is 241 g/mol. The fourth-order valence-corrected chi connectivity index (χ4v) is 1.49. The fourth-order valence-electron chi connectivity index (χ4n) is 1.49. The van der Waals surface area contributed by atoms with Crippen LogP contribution in [0.2, 0.25) is 0 Å². The van der Waals surface area contributed by atoms with Crippen molar-refractivity contribution in [2.75, 3.05) is 13.2 Å². The normalized spacial score (nSPS) is 11.4. The third kappa shape index (κ3) is 3.33. The zero-order chi connectivity index (χ0) is 13.1. The molecule has 17 heavy (non-hydrogen) atoms. The third-order valence-electron chi connectivity index (χ3n) is 2.34. The van der Waals surface area contributed by atoms with Crippen molar-refractivity contribution < 1.29 is 13.9 Å². The molecule has 3 nitrogen and oxygen atoms in total. The van der Waals surface area contributed by atoms with Gasteiger partial charge in [0.1, 0.15) is 0 Å². The Labute approximate surface area is 102 Å². The van der Waals surface area contributed by atoms with Crippen LogP contribution in [0, 0.1) is 5.82 Å². The second-order valence-electron chi connectivity index (χ2n) is 4.37. The highest BCUT2D eigenvalue weighted by molar-refractivity contribution is 5.46. The van der Waals surface area contributed by atoms with Gasteiger partial charge in [-0.15, -0.1) is 0 Å². The quantitative estimate of drug-likeness (QED) is 0.862. The van der Waals surface area contributed by atoms with E-state index >= 15 is 0 Å². The Balaban J connectivity index is 3.25. The molecule has 1 aromatic rings. The SMILES string of the molecule is CCOc1cc(C(C)(C)N)cc(F)c1OCC. The standard InChI is InChI=1S/C13H20FNO2/c1-5-16-11-8-9(13(3,4)15)7-10(14)12(11)17-6-2/h7-8H,5-6,15H2,1-4H3. The van der Waals surface area contributed by atoms with Crippen LogP contribution >= 0.6 is 0 Å². The van der Waals surface area contributed by atoms with Crippen molar-refractivity contribution in [3.63, 3.8) is 0 Å². The molecule has 0 bridgehead atoms. The summed E-state index contributed by atoms with van der Waals surface area (Å²) in [5, 5.41) is 0. The van der Waals surface area contributed by atoms with Crippen molar-refractivity contribution >= 4 is 0 Å². The molecule has 4 heteroatoms. The second kappa shape index (κ2) is 5.36. The Morgan fingerprint density at radius 3 is 2.24 bits per heavy atom. The Kier molecular flexibility index (Phi) is 4.34. The van der Waals surface area contributed by atoms with Gasteiger partial charge in [0.25, 0.3) is 0 Å². The molecule has 0 aliphatic heterocycles. The van der Waals surface area contributed by atoms with Gasteiger partial charge in [0.05, 0.1) is 13.2 Å². The highest BCUT2D eigenvalue weighted by atomic mass is 19.1.